The van der Waals surface area contributed by atoms with Gasteiger partial charge in [-0.3, -0.25) is 4.79 Å². The Hall–Kier alpha value is -1.84. The van der Waals surface area contributed by atoms with Gasteiger partial charge < -0.3 is 10.1 Å². The second-order valence-corrected chi connectivity index (χ2v) is 3.97. The van der Waals surface area contributed by atoms with Gasteiger partial charge in [-0.1, -0.05) is 25.1 Å². The number of ether oxygens (including phenoxy) is 1. The molecule has 1 fully saturated rings. The number of hydrogen-bond acceptors (Lipinski definition) is 3. The van der Waals surface area contributed by atoms with E-state index < -0.39 is 0 Å². The third-order valence-electron chi connectivity index (χ3n) is 2.38. The van der Waals surface area contributed by atoms with E-state index in [-0.39, 0.29) is 11.9 Å². The van der Waals surface area contributed by atoms with Gasteiger partial charge in [-0.25, -0.2) is 4.79 Å². The molecule has 0 radical (unpaired) electrons. The van der Waals surface area contributed by atoms with Crippen LogP contribution in [0.3, 0.4) is 0 Å². The van der Waals surface area contributed by atoms with Crippen LogP contribution in [-0.2, 0) is 9.53 Å². The summed E-state index contributed by atoms with van der Waals surface area (Å²) >= 11 is 0. The average Bonchev–Trinajstić information content (AvgIpc) is 2.74. The molecule has 1 saturated heterocycles. The number of carbonyl (C=O) groups excluding carboxylic acids is 2. The van der Waals surface area contributed by atoms with Crippen LogP contribution in [0.25, 0.3) is 0 Å². The fraction of sp³-hybridized carbons (Fsp3) is 0.385. The summed E-state index contributed by atoms with van der Waals surface area (Å²) in [6.45, 7) is 2.94. The van der Waals surface area contributed by atoms with E-state index in [0.29, 0.717) is 11.5 Å². The molecule has 0 saturated carbocycles. The summed E-state index contributed by atoms with van der Waals surface area (Å²) < 4.78 is 4.50. The van der Waals surface area contributed by atoms with Gasteiger partial charge in [0.25, 0.3) is 0 Å². The predicted octanol–water partition coefficient (Wildman–Crippen LogP) is 1.62. The third-order valence-corrected chi connectivity index (χ3v) is 2.38. The SMILES string of the molecule is CC1CNC(=O)C1.COC(=O)c1ccccc1. The van der Waals surface area contributed by atoms with Gasteiger partial charge in [0.2, 0.25) is 5.91 Å². The first-order chi connectivity index (χ1) is 8.13. The van der Waals surface area contributed by atoms with Crippen molar-refractivity contribution in [1.82, 2.24) is 5.32 Å². The van der Waals surface area contributed by atoms with E-state index in [1.54, 1.807) is 24.3 Å². The second-order valence-electron chi connectivity index (χ2n) is 3.97. The lowest BCUT2D eigenvalue weighted by molar-refractivity contribution is -0.119. The molecule has 1 heterocycles. The fourth-order valence-electron chi connectivity index (χ4n) is 1.44. The Bertz CT molecular complexity index is 376. The highest BCUT2D eigenvalue weighted by molar-refractivity contribution is 5.89. The zero-order valence-corrected chi connectivity index (χ0v) is 10.1. The van der Waals surface area contributed by atoms with E-state index in [1.807, 2.05) is 6.07 Å². The molecule has 1 aliphatic rings. The standard InChI is InChI=1S/C8H8O2.C5H9NO/c1-10-8(9)7-5-3-2-4-6-7;1-4-2-5(7)6-3-4/h2-6H,1H3;4H,2-3H2,1H3,(H,6,7). The van der Waals surface area contributed by atoms with Crippen molar-refractivity contribution in [2.24, 2.45) is 5.92 Å². The molecular formula is C13H17NO3. The molecule has 0 aliphatic carbocycles. The van der Waals surface area contributed by atoms with Crippen molar-refractivity contribution in [2.75, 3.05) is 13.7 Å². The summed E-state index contributed by atoms with van der Waals surface area (Å²) in [5.41, 5.74) is 0.588. The molecule has 92 valence electrons. The van der Waals surface area contributed by atoms with Gasteiger partial charge in [0.15, 0.2) is 0 Å². The molecule has 0 spiro atoms. The summed E-state index contributed by atoms with van der Waals surface area (Å²) in [5, 5.41) is 2.73. The third kappa shape index (κ3) is 4.68. The second kappa shape index (κ2) is 6.68. The highest BCUT2D eigenvalue weighted by atomic mass is 16.5. The lowest BCUT2D eigenvalue weighted by Crippen LogP contribution is -2.13. The Kier molecular flexibility index (Phi) is 5.20. The summed E-state index contributed by atoms with van der Waals surface area (Å²) in [6, 6.07) is 8.88. The van der Waals surface area contributed by atoms with Crippen molar-refractivity contribution in [2.45, 2.75) is 13.3 Å². The molecule has 2 rings (SSSR count). The van der Waals surface area contributed by atoms with E-state index in [1.165, 1.54) is 7.11 Å². The first kappa shape index (κ1) is 13.2. The van der Waals surface area contributed by atoms with Crippen LogP contribution in [0, 0.1) is 5.92 Å². The number of carbonyl (C=O) groups is 2. The van der Waals surface area contributed by atoms with Crippen LogP contribution in [0.2, 0.25) is 0 Å². The first-order valence-corrected chi connectivity index (χ1v) is 5.53. The molecule has 4 nitrogen and oxygen atoms in total. The molecular weight excluding hydrogens is 218 g/mol. The van der Waals surface area contributed by atoms with Crippen molar-refractivity contribution in [3.05, 3.63) is 35.9 Å². The van der Waals surface area contributed by atoms with Gasteiger partial charge in [-0.15, -0.1) is 0 Å². The van der Waals surface area contributed by atoms with Gasteiger partial charge in [0.1, 0.15) is 0 Å². The Labute approximate surface area is 101 Å². The topological polar surface area (TPSA) is 55.4 Å². The quantitative estimate of drug-likeness (QED) is 0.752. The molecule has 1 atom stereocenters. The van der Waals surface area contributed by atoms with Gasteiger partial charge in [0.05, 0.1) is 12.7 Å². The molecule has 0 bridgehead atoms. The minimum absolute atomic E-state index is 0.201. The van der Waals surface area contributed by atoms with Crippen molar-refractivity contribution in [1.29, 1.82) is 0 Å². The maximum atomic E-state index is 10.8. The molecule has 1 aromatic rings. The van der Waals surface area contributed by atoms with E-state index >= 15 is 0 Å². The Morgan fingerprint density at radius 3 is 2.35 bits per heavy atom. The van der Waals surface area contributed by atoms with Gasteiger partial charge in [0, 0.05) is 13.0 Å². The molecule has 1 aliphatic heterocycles. The van der Waals surface area contributed by atoms with Crippen LogP contribution in [0.4, 0.5) is 0 Å². The van der Waals surface area contributed by atoms with Crippen LogP contribution >= 0.6 is 0 Å². The highest BCUT2D eigenvalue weighted by Gasteiger charge is 2.15. The monoisotopic (exact) mass is 235 g/mol. The Morgan fingerprint density at radius 2 is 2.00 bits per heavy atom. The minimum Gasteiger partial charge on any atom is -0.465 e. The van der Waals surface area contributed by atoms with E-state index in [4.69, 9.17) is 0 Å². The minimum atomic E-state index is -0.291. The summed E-state index contributed by atoms with van der Waals surface area (Å²) in [6.07, 6.45) is 0.722. The van der Waals surface area contributed by atoms with Crippen LogP contribution in [0.5, 0.6) is 0 Å². The number of esters is 1. The van der Waals surface area contributed by atoms with Crippen molar-refractivity contribution >= 4 is 11.9 Å². The van der Waals surface area contributed by atoms with Gasteiger partial charge >= 0.3 is 5.97 Å². The molecule has 0 aromatic heterocycles. The van der Waals surface area contributed by atoms with E-state index in [2.05, 4.69) is 17.0 Å². The predicted molar refractivity (Wildman–Crippen MR) is 64.6 cm³/mol. The largest absolute Gasteiger partial charge is 0.465 e. The Morgan fingerprint density at radius 1 is 1.35 bits per heavy atom. The molecule has 1 unspecified atom stereocenters. The molecule has 1 amide bonds. The van der Waals surface area contributed by atoms with Gasteiger partial charge in [-0.2, -0.15) is 0 Å². The zero-order valence-electron chi connectivity index (χ0n) is 10.1. The maximum absolute atomic E-state index is 10.8. The molecule has 1 N–H and O–H groups in total. The lowest BCUT2D eigenvalue weighted by Gasteiger charge is -1.95. The normalized spacial score (nSPS) is 17.8. The summed E-state index contributed by atoms with van der Waals surface area (Å²) in [4.78, 5) is 21.1. The highest BCUT2D eigenvalue weighted by Crippen LogP contribution is 2.05. The number of rotatable bonds is 1. The van der Waals surface area contributed by atoms with Crippen LogP contribution in [0.15, 0.2) is 30.3 Å². The average molecular weight is 235 g/mol. The Balaban J connectivity index is 0.000000181. The van der Waals surface area contributed by atoms with E-state index in [0.717, 1.165) is 13.0 Å². The number of amides is 1. The molecule has 17 heavy (non-hydrogen) atoms. The van der Waals surface area contributed by atoms with Gasteiger partial charge in [-0.05, 0) is 18.1 Å². The molecule has 1 aromatic carbocycles. The first-order valence-electron chi connectivity index (χ1n) is 5.53. The number of methoxy groups -OCH3 is 1. The fourth-order valence-corrected chi connectivity index (χ4v) is 1.44. The smallest absolute Gasteiger partial charge is 0.337 e. The zero-order chi connectivity index (χ0) is 12.7. The van der Waals surface area contributed by atoms with Crippen molar-refractivity contribution in [3.63, 3.8) is 0 Å². The van der Waals surface area contributed by atoms with Crippen LogP contribution in [-0.4, -0.2) is 25.5 Å². The van der Waals surface area contributed by atoms with Crippen LogP contribution in [0.1, 0.15) is 23.7 Å². The number of hydrogen-bond donors (Lipinski definition) is 1. The van der Waals surface area contributed by atoms with Crippen molar-refractivity contribution < 1.29 is 14.3 Å². The molecule has 4 heteroatoms. The lowest BCUT2D eigenvalue weighted by atomic mass is 10.2. The van der Waals surface area contributed by atoms with Crippen molar-refractivity contribution in [3.8, 4) is 0 Å². The van der Waals surface area contributed by atoms with Crippen LogP contribution < -0.4 is 5.32 Å². The summed E-state index contributed by atoms with van der Waals surface area (Å²) in [7, 11) is 1.37. The summed E-state index contributed by atoms with van der Waals surface area (Å²) in [5.74, 6) is 0.473. The number of benzene rings is 1. The number of nitrogens with one attached hydrogen (secondary N) is 1. The van der Waals surface area contributed by atoms with E-state index in [9.17, 15) is 9.59 Å². The maximum Gasteiger partial charge on any atom is 0.337 e.